The predicted molar refractivity (Wildman–Crippen MR) is 72.7 cm³/mol. The lowest BCUT2D eigenvalue weighted by Crippen LogP contribution is -2.29. The molecule has 18 heavy (non-hydrogen) atoms. The molecule has 0 aromatic carbocycles. The van der Waals surface area contributed by atoms with Crippen molar-refractivity contribution in [1.82, 2.24) is 10.3 Å². The lowest BCUT2D eigenvalue weighted by molar-refractivity contribution is 0.0935. The fourth-order valence-corrected chi connectivity index (χ4v) is 2.47. The molecule has 0 saturated carbocycles. The summed E-state index contributed by atoms with van der Waals surface area (Å²) in [5.74, 6) is 0.0862. The van der Waals surface area contributed by atoms with Gasteiger partial charge in [0.25, 0.3) is 5.91 Å². The maximum atomic E-state index is 11.8. The summed E-state index contributed by atoms with van der Waals surface area (Å²) in [6.07, 6.45) is 1.04. The Labute approximate surface area is 111 Å². The van der Waals surface area contributed by atoms with Crippen molar-refractivity contribution in [3.63, 3.8) is 0 Å². The molecule has 102 valence electrons. The van der Waals surface area contributed by atoms with Gasteiger partial charge < -0.3 is 16.2 Å². The van der Waals surface area contributed by atoms with Crippen LogP contribution in [0.25, 0.3) is 0 Å². The number of thiazole rings is 1. The van der Waals surface area contributed by atoms with E-state index in [-0.39, 0.29) is 17.9 Å². The van der Waals surface area contributed by atoms with Crippen molar-refractivity contribution in [1.29, 1.82) is 0 Å². The van der Waals surface area contributed by atoms with Crippen LogP contribution in [-0.2, 0) is 6.42 Å². The number of hydrogen-bond donors (Lipinski definition) is 3. The molecule has 2 atom stereocenters. The largest absolute Gasteiger partial charge is 0.393 e. The van der Waals surface area contributed by atoms with Crippen LogP contribution in [0.1, 0.15) is 35.8 Å². The molecule has 0 aliphatic carbocycles. The van der Waals surface area contributed by atoms with Gasteiger partial charge in [0.2, 0.25) is 0 Å². The van der Waals surface area contributed by atoms with Gasteiger partial charge in [0.15, 0.2) is 0 Å². The van der Waals surface area contributed by atoms with Gasteiger partial charge >= 0.3 is 0 Å². The molecule has 0 aliphatic rings. The fourth-order valence-electron chi connectivity index (χ4n) is 1.68. The molecular formula is C12H21N3O2S. The van der Waals surface area contributed by atoms with Crippen LogP contribution < -0.4 is 11.1 Å². The first-order valence-electron chi connectivity index (χ1n) is 6.13. The van der Waals surface area contributed by atoms with Crippen LogP contribution in [-0.4, -0.2) is 35.2 Å². The first kappa shape index (κ1) is 15.1. The molecule has 1 aromatic rings. The molecule has 0 fully saturated rings. The molecule has 0 saturated heterocycles. The predicted octanol–water partition coefficient (Wildman–Crippen LogP) is 0.781. The third kappa shape index (κ3) is 5.12. The normalized spacial score (nSPS) is 14.2. The van der Waals surface area contributed by atoms with Crippen molar-refractivity contribution >= 4 is 17.2 Å². The lowest BCUT2D eigenvalue weighted by Gasteiger charge is -2.13. The van der Waals surface area contributed by atoms with Gasteiger partial charge in [0.1, 0.15) is 5.69 Å². The zero-order valence-corrected chi connectivity index (χ0v) is 11.7. The zero-order valence-electron chi connectivity index (χ0n) is 10.8. The van der Waals surface area contributed by atoms with Gasteiger partial charge in [-0.2, -0.15) is 0 Å². The summed E-state index contributed by atoms with van der Waals surface area (Å²) in [5.41, 5.74) is 5.88. The highest BCUT2D eigenvalue weighted by molar-refractivity contribution is 7.09. The molecule has 0 radical (unpaired) electrons. The van der Waals surface area contributed by atoms with E-state index in [1.807, 2.05) is 6.92 Å². The summed E-state index contributed by atoms with van der Waals surface area (Å²) in [6, 6.07) is 0. The number of carbonyl (C=O) groups excluding carboxylic acids is 1. The Morgan fingerprint density at radius 3 is 2.94 bits per heavy atom. The molecule has 0 bridgehead atoms. The van der Waals surface area contributed by atoms with Gasteiger partial charge in [-0.15, -0.1) is 11.3 Å². The topological polar surface area (TPSA) is 88.2 Å². The van der Waals surface area contributed by atoms with E-state index in [0.717, 1.165) is 5.01 Å². The molecule has 4 N–H and O–H groups in total. The number of nitrogens with two attached hydrogens (primary N) is 1. The fraction of sp³-hybridized carbons (Fsp3) is 0.667. The zero-order chi connectivity index (χ0) is 13.5. The van der Waals surface area contributed by atoms with E-state index in [1.165, 1.54) is 11.3 Å². The minimum absolute atomic E-state index is 0.160. The van der Waals surface area contributed by atoms with E-state index in [0.29, 0.717) is 31.6 Å². The molecule has 5 nitrogen and oxygen atoms in total. The number of hydrogen-bond acceptors (Lipinski definition) is 5. The minimum Gasteiger partial charge on any atom is -0.393 e. The van der Waals surface area contributed by atoms with Crippen molar-refractivity contribution in [2.45, 2.75) is 32.8 Å². The Morgan fingerprint density at radius 2 is 2.33 bits per heavy atom. The Kier molecular flexibility index (Phi) is 6.24. The summed E-state index contributed by atoms with van der Waals surface area (Å²) in [7, 11) is 0. The van der Waals surface area contributed by atoms with Crippen LogP contribution in [0.4, 0.5) is 0 Å². The third-order valence-electron chi connectivity index (χ3n) is 2.50. The third-order valence-corrected chi connectivity index (χ3v) is 3.41. The van der Waals surface area contributed by atoms with Gasteiger partial charge in [0, 0.05) is 18.3 Å². The highest BCUT2D eigenvalue weighted by Crippen LogP contribution is 2.10. The first-order chi connectivity index (χ1) is 8.52. The lowest BCUT2D eigenvalue weighted by atomic mass is 10.0. The standard InChI is InChI=1S/C12H21N3O2S/c1-8(5-9(2)16)6-14-12(17)10-7-18-11(15-10)3-4-13/h7-9,16H,3-6,13H2,1-2H3,(H,14,17). The van der Waals surface area contributed by atoms with Gasteiger partial charge in [-0.05, 0) is 25.8 Å². The smallest absolute Gasteiger partial charge is 0.270 e. The van der Waals surface area contributed by atoms with E-state index >= 15 is 0 Å². The number of aromatic nitrogens is 1. The van der Waals surface area contributed by atoms with Crippen LogP contribution in [0.3, 0.4) is 0 Å². The van der Waals surface area contributed by atoms with Crippen molar-refractivity contribution in [2.24, 2.45) is 11.7 Å². The number of aliphatic hydroxyl groups excluding tert-OH is 1. The number of carbonyl (C=O) groups is 1. The van der Waals surface area contributed by atoms with Crippen LogP contribution in [0.2, 0.25) is 0 Å². The molecule has 1 rings (SSSR count). The van der Waals surface area contributed by atoms with Gasteiger partial charge in [-0.3, -0.25) is 4.79 Å². The average molecular weight is 271 g/mol. The monoisotopic (exact) mass is 271 g/mol. The average Bonchev–Trinajstić information content (AvgIpc) is 2.74. The summed E-state index contributed by atoms with van der Waals surface area (Å²) < 4.78 is 0. The number of nitrogens with one attached hydrogen (secondary N) is 1. The van der Waals surface area contributed by atoms with Crippen molar-refractivity contribution in [2.75, 3.05) is 13.1 Å². The number of aliphatic hydroxyl groups is 1. The van der Waals surface area contributed by atoms with Crippen LogP contribution in [0, 0.1) is 5.92 Å². The van der Waals surface area contributed by atoms with Gasteiger partial charge in [0.05, 0.1) is 11.1 Å². The van der Waals surface area contributed by atoms with Gasteiger partial charge in [-0.1, -0.05) is 6.92 Å². The second-order valence-electron chi connectivity index (χ2n) is 4.57. The quantitative estimate of drug-likeness (QED) is 0.684. The number of amides is 1. The summed E-state index contributed by atoms with van der Waals surface area (Å²) in [6.45, 7) is 4.83. The van der Waals surface area contributed by atoms with Crippen molar-refractivity contribution < 1.29 is 9.90 Å². The van der Waals surface area contributed by atoms with Crippen LogP contribution in [0.15, 0.2) is 5.38 Å². The Bertz CT molecular complexity index is 379. The second kappa shape index (κ2) is 7.45. The molecule has 1 aromatic heterocycles. The molecule has 0 spiro atoms. The Hall–Kier alpha value is -0.980. The number of rotatable bonds is 7. The highest BCUT2D eigenvalue weighted by Gasteiger charge is 2.12. The molecule has 0 aliphatic heterocycles. The molecule has 1 heterocycles. The molecule has 1 amide bonds. The summed E-state index contributed by atoms with van der Waals surface area (Å²) in [4.78, 5) is 16.0. The van der Waals surface area contributed by atoms with E-state index in [1.54, 1.807) is 12.3 Å². The van der Waals surface area contributed by atoms with E-state index < -0.39 is 0 Å². The molecular weight excluding hydrogens is 250 g/mol. The summed E-state index contributed by atoms with van der Waals surface area (Å²) >= 11 is 1.46. The minimum atomic E-state index is -0.340. The van der Waals surface area contributed by atoms with E-state index in [9.17, 15) is 9.90 Å². The van der Waals surface area contributed by atoms with Crippen molar-refractivity contribution in [3.05, 3.63) is 16.1 Å². The van der Waals surface area contributed by atoms with Gasteiger partial charge in [-0.25, -0.2) is 4.98 Å². The summed E-state index contributed by atoms with van der Waals surface area (Å²) in [5, 5.41) is 14.7. The van der Waals surface area contributed by atoms with E-state index in [4.69, 9.17) is 5.73 Å². The van der Waals surface area contributed by atoms with Crippen LogP contribution >= 0.6 is 11.3 Å². The van der Waals surface area contributed by atoms with Crippen LogP contribution in [0.5, 0.6) is 0 Å². The molecule has 6 heteroatoms. The SMILES string of the molecule is CC(O)CC(C)CNC(=O)c1csc(CCN)n1. The Morgan fingerprint density at radius 1 is 1.61 bits per heavy atom. The number of nitrogens with zero attached hydrogens (tertiary/aromatic N) is 1. The maximum absolute atomic E-state index is 11.8. The second-order valence-corrected chi connectivity index (χ2v) is 5.51. The highest BCUT2D eigenvalue weighted by atomic mass is 32.1. The first-order valence-corrected chi connectivity index (χ1v) is 7.01. The van der Waals surface area contributed by atoms with E-state index in [2.05, 4.69) is 10.3 Å². The Balaban J connectivity index is 2.40. The molecule has 2 unspecified atom stereocenters. The van der Waals surface area contributed by atoms with Crippen molar-refractivity contribution in [3.8, 4) is 0 Å². The maximum Gasteiger partial charge on any atom is 0.270 e.